The van der Waals surface area contributed by atoms with Crippen molar-refractivity contribution in [1.29, 1.82) is 0 Å². The molecule has 1 fully saturated rings. The molecule has 168 valence electrons. The molecule has 1 saturated heterocycles. The summed E-state index contributed by atoms with van der Waals surface area (Å²) in [6.45, 7) is 1.41. The van der Waals surface area contributed by atoms with Gasteiger partial charge in [-0.05, 0) is 47.5 Å². The van der Waals surface area contributed by atoms with Crippen molar-refractivity contribution in [3.05, 3.63) is 83.6 Å². The van der Waals surface area contributed by atoms with Gasteiger partial charge in [0.05, 0.1) is 11.9 Å². The number of hydrogen-bond acceptors (Lipinski definition) is 5. The van der Waals surface area contributed by atoms with E-state index in [1.54, 1.807) is 26.3 Å². The molecule has 0 atom stereocenters. The maximum Gasteiger partial charge on any atom is 0.293 e. The van der Waals surface area contributed by atoms with E-state index in [0.717, 1.165) is 16.8 Å². The minimum Gasteiger partial charge on any atom is -0.489 e. The van der Waals surface area contributed by atoms with Crippen LogP contribution in [0.3, 0.4) is 0 Å². The van der Waals surface area contributed by atoms with Crippen molar-refractivity contribution in [3.63, 3.8) is 0 Å². The predicted octanol–water partition coefficient (Wildman–Crippen LogP) is 4.93. The van der Waals surface area contributed by atoms with Crippen LogP contribution in [0, 0.1) is 5.82 Å². The third-order valence-electron chi connectivity index (χ3n) is 5.85. The zero-order valence-corrected chi connectivity index (χ0v) is 18.2. The van der Waals surface area contributed by atoms with Gasteiger partial charge in [-0.2, -0.15) is 0 Å². The van der Waals surface area contributed by atoms with Crippen molar-refractivity contribution in [1.82, 2.24) is 0 Å². The Hall–Kier alpha value is -3.16. The van der Waals surface area contributed by atoms with Crippen molar-refractivity contribution in [3.8, 4) is 5.75 Å². The molecule has 3 aromatic rings. The van der Waals surface area contributed by atoms with E-state index in [1.807, 2.05) is 30.3 Å². The minimum atomic E-state index is -0.564. The summed E-state index contributed by atoms with van der Waals surface area (Å²) < 4.78 is 36.6. The molecular weight excluding hydrogens is 413 g/mol. The SMILES string of the molecule is COC1(c2cc(F)cc(OCc3ccc(N(C)C(=O)c4ccco4)cc3)c2)CCOCC1. The Kier molecular flexibility index (Phi) is 6.58. The Balaban J connectivity index is 1.43. The van der Waals surface area contributed by atoms with E-state index in [4.69, 9.17) is 18.6 Å². The highest BCUT2D eigenvalue weighted by Crippen LogP contribution is 2.37. The number of carbonyl (C=O) groups excluding carboxylic acids is 1. The largest absolute Gasteiger partial charge is 0.489 e. The maximum absolute atomic E-state index is 14.3. The molecular formula is C25H26FNO5. The second-order valence-electron chi connectivity index (χ2n) is 7.78. The lowest BCUT2D eigenvalue weighted by molar-refractivity contribution is -0.0950. The molecule has 6 nitrogen and oxygen atoms in total. The number of anilines is 1. The van der Waals surface area contributed by atoms with Crippen LogP contribution in [0.4, 0.5) is 10.1 Å². The van der Waals surface area contributed by atoms with E-state index in [2.05, 4.69) is 0 Å². The molecule has 0 aliphatic carbocycles. The van der Waals surface area contributed by atoms with E-state index >= 15 is 0 Å². The number of benzene rings is 2. The number of amides is 1. The zero-order valence-electron chi connectivity index (χ0n) is 18.2. The van der Waals surface area contributed by atoms with Crippen LogP contribution in [-0.2, 0) is 21.7 Å². The molecule has 7 heteroatoms. The molecule has 0 radical (unpaired) electrons. The molecule has 0 unspecified atom stereocenters. The van der Waals surface area contributed by atoms with Gasteiger partial charge in [-0.1, -0.05) is 12.1 Å². The molecule has 1 aliphatic heterocycles. The van der Waals surface area contributed by atoms with Gasteiger partial charge in [0.1, 0.15) is 18.2 Å². The van der Waals surface area contributed by atoms with Gasteiger partial charge in [0.15, 0.2) is 5.76 Å². The van der Waals surface area contributed by atoms with Crippen LogP contribution in [0.15, 0.2) is 65.3 Å². The second-order valence-corrected chi connectivity index (χ2v) is 7.78. The van der Waals surface area contributed by atoms with Gasteiger partial charge in [-0.3, -0.25) is 4.79 Å². The highest BCUT2D eigenvalue weighted by molar-refractivity contribution is 6.03. The molecule has 32 heavy (non-hydrogen) atoms. The summed E-state index contributed by atoms with van der Waals surface area (Å²) in [5, 5.41) is 0. The van der Waals surface area contributed by atoms with Gasteiger partial charge in [-0.15, -0.1) is 0 Å². The minimum absolute atomic E-state index is 0.230. The standard InChI is InChI=1S/C25H26FNO5/c1-27(24(28)23-4-3-11-31-23)21-7-5-18(6-8-21)17-32-22-15-19(14-20(26)16-22)25(29-2)9-12-30-13-10-25/h3-8,11,14-16H,9-10,12-13,17H2,1-2H3. The summed E-state index contributed by atoms with van der Waals surface area (Å²) in [6, 6.07) is 15.4. The van der Waals surface area contributed by atoms with Gasteiger partial charge in [0.25, 0.3) is 5.91 Å². The number of carbonyl (C=O) groups is 1. The van der Waals surface area contributed by atoms with Gasteiger partial charge in [-0.25, -0.2) is 4.39 Å². The molecule has 4 rings (SSSR count). The summed E-state index contributed by atoms with van der Waals surface area (Å²) in [6.07, 6.45) is 2.80. The lowest BCUT2D eigenvalue weighted by Gasteiger charge is -2.36. The van der Waals surface area contributed by atoms with Crippen molar-refractivity contribution in [2.45, 2.75) is 25.0 Å². The smallest absolute Gasteiger partial charge is 0.293 e. The van der Waals surface area contributed by atoms with E-state index < -0.39 is 5.60 Å². The van der Waals surface area contributed by atoms with Crippen LogP contribution in [0.5, 0.6) is 5.75 Å². The zero-order chi connectivity index (χ0) is 22.6. The molecule has 0 spiro atoms. The van der Waals surface area contributed by atoms with Crippen molar-refractivity contribution >= 4 is 11.6 Å². The first kappa shape index (κ1) is 22.0. The van der Waals surface area contributed by atoms with Gasteiger partial charge < -0.3 is 23.5 Å². The average molecular weight is 439 g/mol. The third kappa shape index (κ3) is 4.69. The lowest BCUT2D eigenvalue weighted by Crippen LogP contribution is -2.35. The molecule has 0 N–H and O–H groups in total. The first-order valence-corrected chi connectivity index (χ1v) is 10.5. The van der Waals surface area contributed by atoms with E-state index in [1.165, 1.54) is 23.3 Å². The second kappa shape index (κ2) is 9.54. The van der Waals surface area contributed by atoms with Crippen LogP contribution >= 0.6 is 0 Å². The van der Waals surface area contributed by atoms with E-state index in [0.29, 0.717) is 31.8 Å². The molecule has 2 heterocycles. The first-order valence-electron chi connectivity index (χ1n) is 10.5. The first-order chi connectivity index (χ1) is 15.5. The van der Waals surface area contributed by atoms with Gasteiger partial charge >= 0.3 is 0 Å². The number of nitrogens with zero attached hydrogens (tertiary/aromatic N) is 1. The molecule has 2 aromatic carbocycles. The van der Waals surface area contributed by atoms with E-state index in [-0.39, 0.29) is 24.1 Å². The number of ether oxygens (including phenoxy) is 3. The predicted molar refractivity (Wildman–Crippen MR) is 117 cm³/mol. The van der Waals surface area contributed by atoms with Crippen LogP contribution in [0.1, 0.15) is 34.5 Å². The van der Waals surface area contributed by atoms with E-state index in [9.17, 15) is 9.18 Å². The number of halogens is 1. The number of furan rings is 1. The summed E-state index contributed by atoms with van der Waals surface area (Å²) in [5.74, 6) is 0.123. The van der Waals surface area contributed by atoms with Crippen LogP contribution in [-0.4, -0.2) is 33.3 Å². The fraction of sp³-hybridized carbons (Fsp3) is 0.320. The number of hydrogen-bond donors (Lipinski definition) is 0. The molecule has 1 aromatic heterocycles. The van der Waals surface area contributed by atoms with Gasteiger partial charge in [0.2, 0.25) is 0 Å². The summed E-state index contributed by atoms with van der Waals surface area (Å²) in [4.78, 5) is 13.9. The fourth-order valence-electron chi connectivity index (χ4n) is 3.89. The van der Waals surface area contributed by atoms with Crippen LogP contribution < -0.4 is 9.64 Å². The normalized spacial score (nSPS) is 15.3. The number of methoxy groups -OCH3 is 1. The monoisotopic (exact) mass is 439 g/mol. The maximum atomic E-state index is 14.3. The Morgan fingerprint density at radius 2 is 1.88 bits per heavy atom. The quantitative estimate of drug-likeness (QED) is 0.523. The Morgan fingerprint density at radius 1 is 1.12 bits per heavy atom. The topological polar surface area (TPSA) is 61.1 Å². The van der Waals surface area contributed by atoms with Crippen LogP contribution in [0.25, 0.3) is 0 Å². The molecule has 0 saturated carbocycles. The summed E-state index contributed by atoms with van der Waals surface area (Å²) in [7, 11) is 3.33. The molecule has 1 amide bonds. The Morgan fingerprint density at radius 3 is 2.53 bits per heavy atom. The van der Waals surface area contributed by atoms with Gasteiger partial charge in [0, 0.05) is 52.0 Å². The van der Waals surface area contributed by atoms with Crippen LogP contribution in [0.2, 0.25) is 0 Å². The summed E-state index contributed by atoms with van der Waals surface area (Å²) >= 11 is 0. The lowest BCUT2D eigenvalue weighted by atomic mass is 9.86. The molecule has 0 bridgehead atoms. The highest BCUT2D eigenvalue weighted by Gasteiger charge is 2.35. The highest BCUT2D eigenvalue weighted by atomic mass is 19.1. The average Bonchev–Trinajstić information content (AvgIpc) is 3.37. The fourth-order valence-corrected chi connectivity index (χ4v) is 3.89. The Bertz CT molecular complexity index is 1040. The van der Waals surface area contributed by atoms with Crippen molar-refractivity contribution < 1.29 is 27.8 Å². The summed E-state index contributed by atoms with van der Waals surface area (Å²) in [5.41, 5.74) is 1.81. The number of rotatable bonds is 7. The third-order valence-corrected chi connectivity index (χ3v) is 5.85. The van der Waals surface area contributed by atoms with Crippen molar-refractivity contribution in [2.75, 3.05) is 32.3 Å². The molecule has 1 aliphatic rings. The Labute approximate surface area is 186 Å². The van der Waals surface area contributed by atoms with Crippen molar-refractivity contribution in [2.24, 2.45) is 0 Å².